The fourth-order valence-electron chi connectivity index (χ4n) is 2.89. The molecule has 0 radical (unpaired) electrons. The third-order valence-electron chi connectivity index (χ3n) is 4.46. The van der Waals surface area contributed by atoms with Crippen LogP contribution in [0.4, 0.5) is 0 Å². The van der Waals surface area contributed by atoms with Gasteiger partial charge in [0.25, 0.3) is 0 Å². The number of benzene rings is 2. The van der Waals surface area contributed by atoms with Crippen LogP contribution >= 0.6 is 0 Å². The van der Waals surface area contributed by atoms with Crippen molar-refractivity contribution in [2.45, 2.75) is 37.3 Å². The topological polar surface area (TPSA) is 83.5 Å². The molecular formula is C19H23NO3. The summed E-state index contributed by atoms with van der Waals surface area (Å²) in [5.74, 6) is -1.19. The highest BCUT2D eigenvalue weighted by molar-refractivity contribution is 5.81. The SMILES string of the molecule is CCC(O)(Cc1ccccc1)C(N)(Cc1ccccc1)C(=O)O. The molecule has 4 nitrogen and oxygen atoms in total. The summed E-state index contributed by atoms with van der Waals surface area (Å²) in [6, 6.07) is 18.5. The maximum atomic E-state index is 11.9. The number of carboxylic acids is 1. The lowest BCUT2D eigenvalue weighted by Gasteiger charge is -2.41. The zero-order valence-electron chi connectivity index (χ0n) is 13.3. The van der Waals surface area contributed by atoms with Gasteiger partial charge in [-0.25, -0.2) is 0 Å². The molecule has 0 aliphatic carbocycles. The van der Waals surface area contributed by atoms with Gasteiger partial charge in [-0.3, -0.25) is 4.79 Å². The smallest absolute Gasteiger partial charge is 0.327 e. The molecule has 2 aromatic carbocycles. The highest BCUT2D eigenvalue weighted by Gasteiger charge is 2.52. The Morgan fingerprint density at radius 1 is 0.957 bits per heavy atom. The average molecular weight is 313 g/mol. The largest absolute Gasteiger partial charge is 0.480 e. The molecule has 0 fully saturated rings. The molecular weight excluding hydrogens is 290 g/mol. The molecule has 0 amide bonds. The Morgan fingerprint density at radius 2 is 1.39 bits per heavy atom. The Labute approximate surface area is 136 Å². The summed E-state index contributed by atoms with van der Waals surface area (Å²) in [5, 5.41) is 20.9. The van der Waals surface area contributed by atoms with E-state index >= 15 is 0 Å². The maximum Gasteiger partial charge on any atom is 0.327 e. The number of hydrogen-bond donors (Lipinski definition) is 3. The van der Waals surface area contributed by atoms with E-state index in [0.29, 0.717) is 0 Å². The van der Waals surface area contributed by atoms with E-state index in [1.165, 1.54) is 0 Å². The fraction of sp³-hybridized carbons (Fsp3) is 0.316. The molecule has 0 aromatic heterocycles. The summed E-state index contributed by atoms with van der Waals surface area (Å²) >= 11 is 0. The van der Waals surface area contributed by atoms with Crippen LogP contribution in [0.25, 0.3) is 0 Å². The first-order valence-electron chi connectivity index (χ1n) is 7.74. The molecule has 2 atom stereocenters. The van der Waals surface area contributed by atoms with Gasteiger partial charge in [-0.1, -0.05) is 67.6 Å². The molecule has 0 saturated heterocycles. The van der Waals surface area contributed by atoms with Crippen molar-refractivity contribution in [2.75, 3.05) is 0 Å². The number of nitrogens with two attached hydrogens (primary N) is 1. The molecule has 2 unspecified atom stereocenters. The first kappa shape index (κ1) is 17.2. The van der Waals surface area contributed by atoms with Gasteiger partial charge in [0, 0.05) is 12.8 Å². The second-order valence-electron chi connectivity index (χ2n) is 5.99. The van der Waals surface area contributed by atoms with E-state index in [9.17, 15) is 15.0 Å². The van der Waals surface area contributed by atoms with Crippen LogP contribution in [0.1, 0.15) is 24.5 Å². The molecule has 4 N–H and O–H groups in total. The third kappa shape index (κ3) is 3.60. The van der Waals surface area contributed by atoms with Crippen LogP contribution in [0.5, 0.6) is 0 Å². The van der Waals surface area contributed by atoms with Gasteiger partial charge in [0.1, 0.15) is 5.54 Å². The van der Waals surface area contributed by atoms with Gasteiger partial charge < -0.3 is 15.9 Å². The molecule has 0 saturated carbocycles. The highest BCUT2D eigenvalue weighted by atomic mass is 16.4. The van der Waals surface area contributed by atoms with Gasteiger partial charge >= 0.3 is 5.97 Å². The first-order valence-corrected chi connectivity index (χ1v) is 7.74. The molecule has 0 aliphatic heterocycles. The summed E-state index contributed by atoms with van der Waals surface area (Å²) in [6.45, 7) is 1.76. The van der Waals surface area contributed by atoms with Crippen LogP contribution in [-0.4, -0.2) is 27.3 Å². The highest BCUT2D eigenvalue weighted by Crippen LogP contribution is 2.31. The summed E-state index contributed by atoms with van der Waals surface area (Å²) in [4.78, 5) is 11.9. The minimum absolute atomic E-state index is 0.0698. The predicted molar refractivity (Wildman–Crippen MR) is 90.1 cm³/mol. The Kier molecular flexibility index (Phi) is 5.19. The van der Waals surface area contributed by atoms with Crippen molar-refractivity contribution in [3.63, 3.8) is 0 Å². The summed E-state index contributed by atoms with van der Waals surface area (Å²) in [7, 11) is 0. The maximum absolute atomic E-state index is 11.9. The Morgan fingerprint density at radius 3 is 1.78 bits per heavy atom. The van der Waals surface area contributed by atoms with Crippen molar-refractivity contribution in [1.82, 2.24) is 0 Å². The van der Waals surface area contributed by atoms with Crippen LogP contribution in [0.3, 0.4) is 0 Å². The van der Waals surface area contributed by atoms with Crippen molar-refractivity contribution in [1.29, 1.82) is 0 Å². The van der Waals surface area contributed by atoms with Crippen molar-refractivity contribution >= 4 is 5.97 Å². The molecule has 0 spiro atoms. The number of carboxylic acid groups (broad SMARTS) is 1. The van der Waals surface area contributed by atoms with Gasteiger partial charge in [0.2, 0.25) is 0 Å². The quantitative estimate of drug-likeness (QED) is 0.733. The molecule has 122 valence electrons. The molecule has 0 aliphatic rings. The van der Waals surface area contributed by atoms with Crippen LogP contribution in [0, 0.1) is 0 Å². The number of rotatable bonds is 7. The molecule has 2 aromatic rings. The Hall–Kier alpha value is -2.17. The third-order valence-corrected chi connectivity index (χ3v) is 4.46. The second kappa shape index (κ2) is 6.94. The minimum atomic E-state index is -1.76. The van der Waals surface area contributed by atoms with E-state index in [0.717, 1.165) is 11.1 Å². The monoisotopic (exact) mass is 313 g/mol. The van der Waals surface area contributed by atoms with E-state index in [1.807, 2.05) is 60.7 Å². The lowest BCUT2D eigenvalue weighted by atomic mass is 9.71. The van der Waals surface area contributed by atoms with E-state index in [1.54, 1.807) is 6.92 Å². The average Bonchev–Trinajstić information content (AvgIpc) is 2.56. The molecule has 4 heteroatoms. The standard InChI is InChI=1S/C19H23NO3/c1-2-18(23,13-15-9-5-3-6-10-15)19(20,17(21)22)14-16-11-7-4-8-12-16/h3-12,23H,2,13-14,20H2,1H3,(H,21,22). The normalized spacial score (nSPS) is 16.3. The van der Waals surface area contributed by atoms with Crippen molar-refractivity contribution in [2.24, 2.45) is 5.73 Å². The lowest BCUT2D eigenvalue weighted by Crippen LogP contribution is -2.67. The van der Waals surface area contributed by atoms with Crippen molar-refractivity contribution in [3.05, 3.63) is 71.8 Å². The number of aliphatic hydroxyl groups is 1. The Bertz CT molecular complexity index is 644. The van der Waals surface area contributed by atoms with Crippen molar-refractivity contribution < 1.29 is 15.0 Å². The number of hydrogen-bond acceptors (Lipinski definition) is 3. The van der Waals surface area contributed by atoms with Crippen molar-refractivity contribution in [3.8, 4) is 0 Å². The van der Waals surface area contributed by atoms with Crippen LogP contribution in [-0.2, 0) is 17.6 Å². The van der Waals surface area contributed by atoms with E-state index < -0.39 is 17.1 Å². The lowest BCUT2D eigenvalue weighted by molar-refractivity contribution is -0.156. The van der Waals surface area contributed by atoms with Crippen LogP contribution in [0.2, 0.25) is 0 Å². The zero-order valence-corrected chi connectivity index (χ0v) is 13.3. The van der Waals surface area contributed by atoms with Gasteiger partial charge in [-0.2, -0.15) is 0 Å². The molecule has 23 heavy (non-hydrogen) atoms. The van der Waals surface area contributed by atoms with E-state index in [-0.39, 0.29) is 19.3 Å². The summed E-state index contributed by atoms with van der Waals surface area (Å²) < 4.78 is 0. The minimum Gasteiger partial charge on any atom is -0.480 e. The summed E-state index contributed by atoms with van der Waals surface area (Å²) in [6.07, 6.45) is 0.512. The Balaban J connectivity index is 2.37. The van der Waals surface area contributed by atoms with E-state index in [2.05, 4.69) is 0 Å². The predicted octanol–water partition coefficient (Wildman–Crippen LogP) is 2.40. The van der Waals surface area contributed by atoms with Gasteiger partial charge in [0.05, 0.1) is 5.60 Å². The number of carbonyl (C=O) groups is 1. The fourth-order valence-corrected chi connectivity index (χ4v) is 2.89. The van der Waals surface area contributed by atoms with E-state index in [4.69, 9.17) is 5.73 Å². The zero-order chi connectivity index (χ0) is 16.9. The van der Waals surface area contributed by atoms with Gasteiger partial charge in [0.15, 0.2) is 0 Å². The first-order chi connectivity index (χ1) is 10.9. The van der Waals surface area contributed by atoms with Crippen LogP contribution in [0.15, 0.2) is 60.7 Å². The summed E-state index contributed by atoms with van der Waals surface area (Å²) in [5.41, 5.74) is 4.60. The molecule has 0 bridgehead atoms. The molecule has 0 heterocycles. The number of aliphatic carboxylic acids is 1. The van der Waals surface area contributed by atoms with Gasteiger partial charge in [-0.05, 0) is 17.5 Å². The van der Waals surface area contributed by atoms with Gasteiger partial charge in [-0.15, -0.1) is 0 Å². The molecule has 2 rings (SSSR count). The van der Waals surface area contributed by atoms with Crippen LogP contribution < -0.4 is 5.73 Å². The second-order valence-corrected chi connectivity index (χ2v) is 5.99.